The van der Waals surface area contributed by atoms with Gasteiger partial charge in [-0.15, -0.1) is 0 Å². The van der Waals surface area contributed by atoms with Crippen LogP contribution in [0.3, 0.4) is 0 Å². The van der Waals surface area contributed by atoms with E-state index in [1.807, 2.05) is 13.8 Å². The summed E-state index contributed by atoms with van der Waals surface area (Å²) in [6, 6.07) is 9.74. The standard InChI is InChI=1S/C19H16Cl3FN4S/c1-10-18(25-19(28)24-12-6-7-15(21)16(22)8-12)11(2)27(26-10)9-13-14(20)4-3-5-17(13)23/h3-8H,9H2,1-2H3,(H2,24,25,28). The lowest BCUT2D eigenvalue weighted by atomic mass is 10.2. The maximum Gasteiger partial charge on any atom is 0.175 e. The molecule has 2 N–H and O–H groups in total. The fourth-order valence-electron chi connectivity index (χ4n) is 2.71. The minimum Gasteiger partial charge on any atom is -0.332 e. The van der Waals surface area contributed by atoms with Crippen molar-refractivity contribution in [3.8, 4) is 0 Å². The third kappa shape index (κ3) is 4.58. The molecule has 0 bridgehead atoms. The quantitative estimate of drug-likeness (QED) is 0.441. The van der Waals surface area contributed by atoms with Gasteiger partial charge in [-0.2, -0.15) is 5.10 Å². The van der Waals surface area contributed by atoms with Crippen molar-refractivity contribution in [3.63, 3.8) is 0 Å². The van der Waals surface area contributed by atoms with Crippen molar-refractivity contribution in [3.05, 3.63) is 74.2 Å². The molecule has 4 nitrogen and oxygen atoms in total. The van der Waals surface area contributed by atoms with Gasteiger partial charge in [-0.1, -0.05) is 40.9 Å². The first-order valence-electron chi connectivity index (χ1n) is 8.26. The van der Waals surface area contributed by atoms with E-state index in [0.717, 1.165) is 17.1 Å². The van der Waals surface area contributed by atoms with E-state index in [2.05, 4.69) is 15.7 Å². The average molecular weight is 458 g/mol. The molecule has 9 heteroatoms. The summed E-state index contributed by atoms with van der Waals surface area (Å²) in [5.74, 6) is -0.369. The van der Waals surface area contributed by atoms with E-state index >= 15 is 0 Å². The number of benzene rings is 2. The highest BCUT2D eigenvalue weighted by Gasteiger charge is 2.16. The first kappa shape index (κ1) is 20.9. The number of aromatic nitrogens is 2. The highest BCUT2D eigenvalue weighted by Crippen LogP contribution is 2.26. The fraction of sp³-hybridized carbons (Fsp3) is 0.158. The first-order chi connectivity index (χ1) is 13.3. The van der Waals surface area contributed by atoms with Crippen LogP contribution in [0.4, 0.5) is 15.8 Å². The van der Waals surface area contributed by atoms with Gasteiger partial charge in [0.1, 0.15) is 5.82 Å². The Morgan fingerprint density at radius 1 is 1.07 bits per heavy atom. The fourth-order valence-corrected chi connectivity index (χ4v) is 3.46. The molecule has 0 spiro atoms. The van der Waals surface area contributed by atoms with Crippen LogP contribution in [0.5, 0.6) is 0 Å². The topological polar surface area (TPSA) is 41.9 Å². The van der Waals surface area contributed by atoms with Gasteiger partial charge in [0.15, 0.2) is 5.11 Å². The van der Waals surface area contributed by atoms with Crippen LogP contribution >= 0.6 is 47.0 Å². The number of halogens is 4. The summed E-state index contributed by atoms with van der Waals surface area (Å²) in [5, 5.41) is 12.3. The smallest absolute Gasteiger partial charge is 0.175 e. The number of aryl methyl sites for hydroxylation is 1. The van der Waals surface area contributed by atoms with E-state index in [0.29, 0.717) is 31.4 Å². The molecule has 0 saturated carbocycles. The molecule has 0 saturated heterocycles. The van der Waals surface area contributed by atoms with E-state index in [1.54, 1.807) is 35.0 Å². The Morgan fingerprint density at radius 2 is 1.82 bits per heavy atom. The maximum atomic E-state index is 14.1. The summed E-state index contributed by atoms with van der Waals surface area (Å²) in [6.07, 6.45) is 0. The minimum absolute atomic E-state index is 0.215. The van der Waals surface area contributed by atoms with Gasteiger partial charge >= 0.3 is 0 Å². The lowest BCUT2D eigenvalue weighted by Crippen LogP contribution is -2.20. The molecule has 3 aromatic rings. The van der Waals surface area contributed by atoms with Crippen molar-refractivity contribution in [2.24, 2.45) is 0 Å². The van der Waals surface area contributed by atoms with Gasteiger partial charge in [0.25, 0.3) is 0 Å². The van der Waals surface area contributed by atoms with E-state index in [4.69, 9.17) is 47.0 Å². The monoisotopic (exact) mass is 456 g/mol. The van der Waals surface area contributed by atoms with Gasteiger partial charge in [0, 0.05) is 16.3 Å². The van der Waals surface area contributed by atoms with Crippen LogP contribution in [-0.4, -0.2) is 14.9 Å². The number of nitrogens with one attached hydrogen (secondary N) is 2. The Labute approximate surface area is 182 Å². The number of anilines is 2. The largest absolute Gasteiger partial charge is 0.332 e. The Morgan fingerprint density at radius 3 is 2.50 bits per heavy atom. The third-order valence-electron chi connectivity index (χ3n) is 4.17. The van der Waals surface area contributed by atoms with Crippen LogP contribution in [0.1, 0.15) is 17.0 Å². The van der Waals surface area contributed by atoms with Gasteiger partial charge in [0.2, 0.25) is 0 Å². The lowest BCUT2D eigenvalue weighted by molar-refractivity contribution is 0.579. The number of hydrogen-bond acceptors (Lipinski definition) is 2. The van der Waals surface area contributed by atoms with Gasteiger partial charge < -0.3 is 10.6 Å². The Hall–Kier alpha value is -1.86. The highest BCUT2D eigenvalue weighted by molar-refractivity contribution is 7.80. The molecule has 0 aliphatic heterocycles. The third-order valence-corrected chi connectivity index (χ3v) is 5.46. The number of thiocarbonyl (C=S) groups is 1. The van der Waals surface area contributed by atoms with Crippen LogP contribution < -0.4 is 10.6 Å². The van der Waals surface area contributed by atoms with Gasteiger partial charge in [0.05, 0.1) is 33.7 Å². The Bertz CT molecular complexity index is 1030. The van der Waals surface area contributed by atoms with Crippen LogP contribution in [0.15, 0.2) is 36.4 Å². The van der Waals surface area contributed by atoms with Crippen LogP contribution in [-0.2, 0) is 6.54 Å². The normalized spacial score (nSPS) is 10.8. The van der Waals surface area contributed by atoms with Crippen molar-refractivity contribution < 1.29 is 4.39 Å². The molecule has 0 amide bonds. The molecule has 0 fully saturated rings. The van der Waals surface area contributed by atoms with E-state index in [-0.39, 0.29) is 12.4 Å². The predicted octanol–water partition coefficient (Wildman–Crippen LogP) is 6.46. The summed E-state index contributed by atoms with van der Waals surface area (Å²) in [6.45, 7) is 3.93. The second kappa shape index (κ2) is 8.66. The number of nitrogens with zero attached hydrogens (tertiary/aromatic N) is 2. The minimum atomic E-state index is -0.369. The summed E-state index contributed by atoms with van der Waals surface area (Å²) >= 11 is 23.5. The second-order valence-corrected chi connectivity index (χ2v) is 7.74. The number of hydrogen-bond donors (Lipinski definition) is 2. The van der Waals surface area contributed by atoms with Gasteiger partial charge in [-0.05, 0) is 56.4 Å². The van der Waals surface area contributed by atoms with Crippen LogP contribution in [0, 0.1) is 19.7 Å². The molecular weight excluding hydrogens is 442 g/mol. The second-order valence-electron chi connectivity index (χ2n) is 6.11. The summed E-state index contributed by atoms with van der Waals surface area (Å²) in [4.78, 5) is 0. The van der Waals surface area contributed by atoms with E-state index < -0.39 is 0 Å². The predicted molar refractivity (Wildman–Crippen MR) is 119 cm³/mol. The Kier molecular flexibility index (Phi) is 6.45. The lowest BCUT2D eigenvalue weighted by Gasteiger charge is -2.12. The molecule has 0 aliphatic rings. The molecular formula is C19H16Cl3FN4S. The molecule has 28 heavy (non-hydrogen) atoms. The zero-order valence-corrected chi connectivity index (χ0v) is 18.1. The highest BCUT2D eigenvalue weighted by atomic mass is 35.5. The van der Waals surface area contributed by atoms with Crippen LogP contribution in [0.2, 0.25) is 15.1 Å². The Balaban J connectivity index is 1.78. The molecule has 0 unspecified atom stereocenters. The molecule has 1 heterocycles. The van der Waals surface area contributed by atoms with Crippen molar-refractivity contribution in [1.82, 2.24) is 9.78 Å². The van der Waals surface area contributed by atoms with E-state index in [9.17, 15) is 4.39 Å². The first-order valence-corrected chi connectivity index (χ1v) is 9.80. The van der Waals surface area contributed by atoms with Crippen LogP contribution in [0.25, 0.3) is 0 Å². The molecule has 0 atom stereocenters. The SMILES string of the molecule is Cc1nn(Cc2c(F)cccc2Cl)c(C)c1NC(=S)Nc1ccc(Cl)c(Cl)c1. The van der Waals surface area contributed by atoms with E-state index in [1.165, 1.54) is 6.07 Å². The summed E-state index contributed by atoms with van der Waals surface area (Å²) in [7, 11) is 0. The maximum absolute atomic E-state index is 14.1. The van der Waals surface area contributed by atoms with Crippen molar-refractivity contribution in [2.75, 3.05) is 10.6 Å². The van der Waals surface area contributed by atoms with Crippen molar-refractivity contribution in [1.29, 1.82) is 0 Å². The summed E-state index contributed by atoms with van der Waals surface area (Å²) < 4.78 is 15.8. The molecule has 1 aromatic heterocycles. The number of rotatable bonds is 4. The molecule has 146 valence electrons. The summed E-state index contributed by atoms with van der Waals surface area (Å²) in [5.41, 5.74) is 3.36. The van der Waals surface area contributed by atoms with Crippen molar-refractivity contribution in [2.45, 2.75) is 20.4 Å². The zero-order chi connectivity index (χ0) is 20.4. The molecule has 0 radical (unpaired) electrons. The van der Waals surface area contributed by atoms with Crippen molar-refractivity contribution >= 4 is 63.5 Å². The molecule has 3 rings (SSSR count). The zero-order valence-electron chi connectivity index (χ0n) is 15.0. The van der Waals surface area contributed by atoms with Gasteiger partial charge in [-0.3, -0.25) is 4.68 Å². The molecule has 0 aliphatic carbocycles. The average Bonchev–Trinajstić information content (AvgIpc) is 2.89. The van der Waals surface area contributed by atoms with Gasteiger partial charge in [-0.25, -0.2) is 4.39 Å². The molecule has 2 aromatic carbocycles.